The third kappa shape index (κ3) is 5.84. The molecule has 2 rings (SSSR count). The lowest BCUT2D eigenvalue weighted by Crippen LogP contribution is -2.36. The average molecular weight is 320 g/mol. The zero-order chi connectivity index (χ0) is 16.9. The maximum Gasteiger partial charge on any atom is 0.220 e. The van der Waals surface area contributed by atoms with Crippen molar-refractivity contribution in [3.05, 3.63) is 29.8 Å². The standard InChI is InChI=1S/C18H28N2O3/c1-18(2,3)12-17(22)19-13-16(21)14-4-6-15(7-5-14)20-8-10-23-11-9-20/h4-7,16,21H,8-13H2,1-3H3,(H,19,22). The lowest BCUT2D eigenvalue weighted by atomic mass is 9.92. The van der Waals surface area contributed by atoms with Gasteiger partial charge in [0.2, 0.25) is 5.91 Å². The SMILES string of the molecule is CC(C)(C)CC(=O)NCC(O)c1ccc(N2CCOCC2)cc1. The molecule has 1 fully saturated rings. The van der Waals surface area contributed by atoms with Crippen LogP contribution in [0.2, 0.25) is 0 Å². The van der Waals surface area contributed by atoms with Crippen LogP contribution in [0.3, 0.4) is 0 Å². The summed E-state index contributed by atoms with van der Waals surface area (Å²) in [4.78, 5) is 14.1. The summed E-state index contributed by atoms with van der Waals surface area (Å²) in [6.45, 7) is 9.60. The molecule has 0 aromatic heterocycles. The number of benzene rings is 1. The Hall–Kier alpha value is -1.59. The van der Waals surface area contributed by atoms with Gasteiger partial charge in [0.15, 0.2) is 0 Å². The fourth-order valence-corrected chi connectivity index (χ4v) is 2.60. The molecule has 0 bridgehead atoms. The lowest BCUT2D eigenvalue weighted by molar-refractivity contribution is -0.123. The van der Waals surface area contributed by atoms with Crippen LogP contribution in [-0.2, 0) is 9.53 Å². The van der Waals surface area contributed by atoms with Gasteiger partial charge in [-0.3, -0.25) is 4.79 Å². The zero-order valence-electron chi connectivity index (χ0n) is 14.3. The lowest BCUT2D eigenvalue weighted by Gasteiger charge is -2.29. The summed E-state index contributed by atoms with van der Waals surface area (Å²) in [5, 5.41) is 13.0. The molecule has 1 saturated heterocycles. The van der Waals surface area contributed by atoms with E-state index in [1.165, 1.54) is 0 Å². The predicted octanol–water partition coefficient (Wildman–Crippen LogP) is 2.11. The highest BCUT2D eigenvalue weighted by Crippen LogP contribution is 2.21. The van der Waals surface area contributed by atoms with E-state index in [1.807, 2.05) is 45.0 Å². The number of amides is 1. The molecule has 0 aliphatic carbocycles. The van der Waals surface area contributed by atoms with Crippen molar-refractivity contribution >= 4 is 11.6 Å². The number of nitrogens with zero attached hydrogens (tertiary/aromatic N) is 1. The molecule has 0 radical (unpaired) electrons. The minimum absolute atomic E-state index is 0.0264. The molecule has 5 nitrogen and oxygen atoms in total. The molecule has 1 amide bonds. The molecular formula is C18H28N2O3. The second-order valence-corrected chi connectivity index (χ2v) is 7.25. The van der Waals surface area contributed by atoms with E-state index >= 15 is 0 Å². The van der Waals surface area contributed by atoms with Gasteiger partial charge in [-0.05, 0) is 23.1 Å². The van der Waals surface area contributed by atoms with Gasteiger partial charge >= 0.3 is 0 Å². The van der Waals surface area contributed by atoms with Gasteiger partial charge < -0.3 is 20.1 Å². The number of aliphatic hydroxyl groups is 1. The average Bonchev–Trinajstić information content (AvgIpc) is 2.52. The van der Waals surface area contributed by atoms with Crippen LogP contribution in [0.1, 0.15) is 38.9 Å². The van der Waals surface area contributed by atoms with E-state index in [-0.39, 0.29) is 17.9 Å². The summed E-state index contributed by atoms with van der Waals surface area (Å²) in [5.74, 6) is -0.0264. The van der Waals surface area contributed by atoms with Crippen LogP contribution in [0.25, 0.3) is 0 Å². The summed E-state index contributed by atoms with van der Waals surface area (Å²) in [5.41, 5.74) is 1.91. The third-order valence-electron chi connectivity index (χ3n) is 3.84. The molecule has 1 unspecified atom stereocenters. The molecule has 128 valence electrons. The third-order valence-corrected chi connectivity index (χ3v) is 3.84. The molecule has 2 N–H and O–H groups in total. The molecule has 1 aromatic rings. The fraction of sp³-hybridized carbons (Fsp3) is 0.611. The van der Waals surface area contributed by atoms with E-state index in [1.54, 1.807) is 0 Å². The number of hydrogen-bond acceptors (Lipinski definition) is 4. The molecule has 1 aliphatic heterocycles. The molecular weight excluding hydrogens is 292 g/mol. The number of carbonyl (C=O) groups is 1. The Morgan fingerprint density at radius 3 is 2.43 bits per heavy atom. The van der Waals surface area contributed by atoms with Gasteiger partial charge in [-0.2, -0.15) is 0 Å². The normalized spacial score (nSPS) is 17.0. The smallest absolute Gasteiger partial charge is 0.220 e. The van der Waals surface area contributed by atoms with E-state index in [4.69, 9.17) is 4.74 Å². The maximum absolute atomic E-state index is 11.8. The van der Waals surface area contributed by atoms with Crippen LogP contribution in [0, 0.1) is 5.41 Å². The Morgan fingerprint density at radius 1 is 1.26 bits per heavy atom. The maximum atomic E-state index is 11.8. The molecule has 0 spiro atoms. The minimum Gasteiger partial charge on any atom is -0.387 e. The number of anilines is 1. The predicted molar refractivity (Wildman–Crippen MR) is 91.5 cm³/mol. The molecule has 0 saturated carbocycles. The van der Waals surface area contributed by atoms with Gasteiger partial charge in [0.25, 0.3) is 0 Å². The summed E-state index contributed by atoms with van der Waals surface area (Å²) in [6, 6.07) is 7.87. The monoisotopic (exact) mass is 320 g/mol. The molecule has 1 heterocycles. The summed E-state index contributed by atoms with van der Waals surface area (Å²) < 4.78 is 5.35. The fourth-order valence-electron chi connectivity index (χ4n) is 2.60. The Kier molecular flexibility index (Phi) is 6.02. The summed E-state index contributed by atoms with van der Waals surface area (Å²) in [7, 11) is 0. The van der Waals surface area contributed by atoms with Crippen molar-refractivity contribution in [1.82, 2.24) is 5.32 Å². The second kappa shape index (κ2) is 7.79. The molecule has 1 aromatic carbocycles. The molecule has 23 heavy (non-hydrogen) atoms. The molecule has 1 atom stereocenters. The van der Waals surface area contributed by atoms with Crippen LogP contribution in [-0.4, -0.2) is 43.9 Å². The quantitative estimate of drug-likeness (QED) is 0.872. The van der Waals surface area contributed by atoms with E-state index < -0.39 is 6.10 Å². The zero-order valence-corrected chi connectivity index (χ0v) is 14.3. The number of aliphatic hydroxyl groups excluding tert-OH is 1. The highest BCUT2D eigenvalue weighted by Gasteiger charge is 2.17. The number of nitrogens with one attached hydrogen (secondary N) is 1. The first-order valence-corrected chi connectivity index (χ1v) is 8.22. The largest absolute Gasteiger partial charge is 0.387 e. The van der Waals surface area contributed by atoms with E-state index in [9.17, 15) is 9.90 Å². The first-order valence-electron chi connectivity index (χ1n) is 8.22. The van der Waals surface area contributed by atoms with Crippen molar-refractivity contribution in [1.29, 1.82) is 0 Å². The van der Waals surface area contributed by atoms with E-state index in [0.29, 0.717) is 6.42 Å². The molecule has 1 aliphatic rings. The first-order chi connectivity index (χ1) is 10.8. The Bertz CT molecular complexity index is 502. The Labute approximate surface area is 138 Å². The second-order valence-electron chi connectivity index (χ2n) is 7.25. The minimum atomic E-state index is -0.683. The van der Waals surface area contributed by atoms with Gasteiger partial charge in [-0.15, -0.1) is 0 Å². The van der Waals surface area contributed by atoms with Crippen molar-refractivity contribution < 1.29 is 14.6 Å². The van der Waals surface area contributed by atoms with Crippen molar-refractivity contribution in [2.24, 2.45) is 5.41 Å². The van der Waals surface area contributed by atoms with Crippen LogP contribution >= 0.6 is 0 Å². The summed E-state index contributed by atoms with van der Waals surface area (Å²) >= 11 is 0. The van der Waals surface area contributed by atoms with E-state index in [2.05, 4.69) is 10.2 Å². The van der Waals surface area contributed by atoms with Gasteiger partial charge in [-0.1, -0.05) is 32.9 Å². The van der Waals surface area contributed by atoms with Crippen LogP contribution < -0.4 is 10.2 Å². The van der Waals surface area contributed by atoms with Gasteiger partial charge in [0.05, 0.1) is 19.3 Å². The van der Waals surface area contributed by atoms with Crippen molar-refractivity contribution in [2.75, 3.05) is 37.7 Å². The van der Waals surface area contributed by atoms with Crippen LogP contribution in [0.4, 0.5) is 5.69 Å². The van der Waals surface area contributed by atoms with Crippen molar-refractivity contribution in [3.8, 4) is 0 Å². The topological polar surface area (TPSA) is 61.8 Å². The highest BCUT2D eigenvalue weighted by atomic mass is 16.5. The molecule has 5 heteroatoms. The highest BCUT2D eigenvalue weighted by molar-refractivity contribution is 5.76. The number of hydrogen-bond donors (Lipinski definition) is 2. The van der Waals surface area contributed by atoms with Crippen LogP contribution in [0.5, 0.6) is 0 Å². The van der Waals surface area contributed by atoms with Gasteiger partial charge in [0.1, 0.15) is 0 Å². The Morgan fingerprint density at radius 2 is 1.87 bits per heavy atom. The Balaban J connectivity index is 1.85. The summed E-state index contributed by atoms with van der Waals surface area (Å²) in [6.07, 6.45) is -0.229. The van der Waals surface area contributed by atoms with E-state index in [0.717, 1.165) is 37.6 Å². The number of morpholine rings is 1. The van der Waals surface area contributed by atoms with Crippen molar-refractivity contribution in [3.63, 3.8) is 0 Å². The van der Waals surface area contributed by atoms with Gasteiger partial charge in [-0.25, -0.2) is 0 Å². The number of carbonyl (C=O) groups excluding carboxylic acids is 1. The number of rotatable bonds is 5. The van der Waals surface area contributed by atoms with Crippen LogP contribution in [0.15, 0.2) is 24.3 Å². The van der Waals surface area contributed by atoms with Gasteiger partial charge in [0, 0.05) is 31.7 Å². The van der Waals surface area contributed by atoms with Crippen molar-refractivity contribution in [2.45, 2.75) is 33.3 Å². The first kappa shape index (κ1) is 17.8. The number of ether oxygens (including phenoxy) is 1.